The number of alkyl halides is 2. The highest BCUT2D eigenvalue weighted by molar-refractivity contribution is 7.54. The van der Waals surface area contributed by atoms with E-state index in [-0.39, 0.29) is 37.8 Å². The monoisotopic (exact) mass is 677 g/mol. The second kappa shape index (κ2) is 15.0. The topological polar surface area (TPSA) is 136 Å². The molecule has 13 heteroatoms. The molecule has 1 aliphatic rings. The van der Waals surface area contributed by atoms with Crippen molar-refractivity contribution in [2.24, 2.45) is 10.2 Å². The second-order valence-corrected chi connectivity index (χ2v) is 12.9. The minimum absolute atomic E-state index is 0.0139. The van der Waals surface area contributed by atoms with Crippen molar-refractivity contribution in [3.8, 4) is 11.1 Å². The number of nitrogens with one attached hydrogen (secondary N) is 1. The van der Waals surface area contributed by atoms with Gasteiger partial charge in [0.2, 0.25) is 0 Å². The molecule has 0 bridgehead atoms. The highest BCUT2D eigenvalue weighted by atomic mass is 31.2. The van der Waals surface area contributed by atoms with Gasteiger partial charge in [-0.15, -0.1) is 0 Å². The Hall–Kier alpha value is -4.77. The van der Waals surface area contributed by atoms with Crippen LogP contribution in [0.1, 0.15) is 42.0 Å². The van der Waals surface area contributed by atoms with Crippen LogP contribution in [0.2, 0.25) is 0 Å². The number of halogens is 2. The highest BCUT2D eigenvalue weighted by Gasteiger charge is 2.54. The van der Waals surface area contributed by atoms with E-state index in [0.717, 1.165) is 34.4 Å². The normalized spacial score (nSPS) is 13.6. The average molecular weight is 678 g/mol. The molecule has 2 N–H and O–H groups in total. The molecule has 4 aromatic rings. The Morgan fingerprint density at radius 3 is 1.83 bits per heavy atom. The van der Waals surface area contributed by atoms with E-state index >= 15 is 0 Å². The Kier molecular flexibility index (Phi) is 10.8. The summed E-state index contributed by atoms with van der Waals surface area (Å²) in [7, 11) is -4.74. The van der Waals surface area contributed by atoms with Crippen molar-refractivity contribution in [3.63, 3.8) is 0 Å². The number of nitrogens with zero attached hydrogens (tertiary/aromatic N) is 2. The number of benzene rings is 4. The van der Waals surface area contributed by atoms with Crippen molar-refractivity contribution >= 4 is 31.0 Å². The third-order valence-electron chi connectivity index (χ3n) is 7.75. The van der Waals surface area contributed by atoms with Crippen LogP contribution in [0.15, 0.2) is 107 Å². The fourth-order valence-corrected chi connectivity index (χ4v) is 7.00. The Morgan fingerprint density at radius 2 is 1.33 bits per heavy atom. The molecule has 0 radical (unpaired) electrons. The van der Waals surface area contributed by atoms with Crippen LogP contribution in [-0.2, 0) is 35.2 Å². The molecule has 1 atom stereocenters. The number of carboxylic acid groups (broad SMARTS) is 1. The van der Waals surface area contributed by atoms with Crippen molar-refractivity contribution in [3.05, 3.63) is 119 Å². The van der Waals surface area contributed by atoms with Gasteiger partial charge in [-0.2, -0.15) is 19.0 Å². The lowest BCUT2D eigenvalue weighted by molar-refractivity contribution is -0.139. The van der Waals surface area contributed by atoms with Gasteiger partial charge in [0.15, 0.2) is 0 Å². The van der Waals surface area contributed by atoms with Gasteiger partial charge >= 0.3 is 25.3 Å². The molecule has 1 aliphatic carbocycles. The molecule has 5 rings (SSSR count). The SMILES string of the molecule is CCOP(=O)(OCC)C(F)(F)c1ccc(N=Nc2ccc(C[C@H](NC(=O)OCC3c4ccccc4-c4ccccc43)C(=O)O)cc2)cc1. The number of azo groups is 1. The number of hydrogen-bond donors (Lipinski definition) is 2. The minimum atomic E-state index is -4.74. The standard InChI is InChI=1S/C35H34F2N3O7P/c1-3-46-48(44,47-4-2)35(36,37)24-15-19-26(20-16-24)40-39-25-17-13-23(14-18-25)21-32(33(41)42)38-34(43)45-22-31-29-11-7-5-9-27(29)28-10-6-8-12-30(28)31/h5-20,31-32H,3-4,21-22H2,1-2H3,(H,38,43)(H,41,42)/t32-/m0/s1. The van der Waals surface area contributed by atoms with Crippen LogP contribution in [-0.4, -0.2) is 43.0 Å². The summed E-state index contributed by atoms with van der Waals surface area (Å²) in [6.07, 6.45) is -0.850. The third kappa shape index (κ3) is 7.52. The number of carbonyl (C=O) groups excluding carboxylic acids is 1. The molecule has 4 aromatic carbocycles. The van der Waals surface area contributed by atoms with Gasteiger partial charge in [0.25, 0.3) is 0 Å². The van der Waals surface area contributed by atoms with Gasteiger partial charge < -0.3 is 24.2 Å². The fraction of sp³-hybridized carbons (Fsp3) is 0.257. The number of hydrogen-bond acceptors (Lipinski definition) is 8. The molecular weight excluding hydrogens is 643 g/mol. The summed E-state index contributed by atoms with van der Waals surface area (Å²) in [5, 5.41) is 20.4. The maximum Gasteiger partial charge on any atom is 0.407 e. The molecule has 0 saturated carbocycles. The third-order valence-corrected chi connectivity index (χ3v) is 9.89. The summed E-state index contributed by atoms with van der Waals surface area (Å²) in [6, 6.07) is 25.8. The zero-order valence-electron chi connectivity index (χ0n) is 26.2. The Bertz CT molecular complexity index is 1780. The lowest BCUT2D eigenvalue weighted by Gasteiger charge is -2.25. The van der Waals surface area contributed by atoms with Gasteiger partial charge in [0, 0.05) is 17.9 Å². The van der Waals surface area contributed by atoms with E-state index < -0.39 is 36.9 Å². The van der Waals surface area contributed by atoms with Crippen LogP contribution < -0.4 is 5.32 Å². The summed E-state index contributed by atoms with van der Waals surface area (Å²) in [5.41, 5.74) is 1.14. The first-order valence-electron chi connectivity index (χ1n) is 15.3. The molecule has 0 heterocycles. The zero-order valence-corrected chi connectivity index (χ0v) is 27.1. The van der Waals surface area contributed by atoms with Gasteiger partial charge in [-0.25, -0.2) is 9.59 Å². The maximum absolute atomic E-state index is 15.0. The van der Waals surface area contributed by atoms with Crippen LogP contribution in [0, 0.1) is 0 Å². The Morgan fingerprint density at radius 1 is 0.833 bits per heavy atom. The van der Waals surface area contributed by atoms with E-state index in [1.165, 1.54) is 26.0 Å². The van der Waals surface area contributed by atoms with Gasteiger partial charge in [0.1, 0.15) is 12.6 Å². The van der Waals surface area contributed by atoms with Crippen LogP contribution >= 0.6 is 7.60 Å². The number of carboxylic acids is 1. The first kappa shape index (κ1) is 34.6. The molecule has 0 saturated heterocycles. The molecule has 0 aliphatic heterocycles. The summed E-state index contributed by atoms with van der Waals surface area (Å²) in [6.45, 7) is 2.55. The quantitative estimate of drug-likeness (QED) is 0.100. The molecule has 250 valence electrons. The minimum Gasteiger partial charge on any atom is -0.480 e. The van der Waals surface area contributed by atoms with E-state index in [4.69, 9.17) is 13.8 Å². The first-order chi connectivity index (χ1) is 23.1. The number of amides is 1. The van der Waals surface area contributed by atoms with Crippen molar-refractivity contribution in [2.75, 3.05) is 19.8 Å². The summed E-state index contributed by atoms with van der Waals surface area (Å²) < 4.78 is 57.8. The maximum atomic E-state index is 15.0. The van der Waals surface area contributed by atoms with E-state index in [0.29, 0.717) is 11.3 Å². The molecule has 0 aromatic heterocycles. The van der Waals surface area contributed by atoms with Crippen molar-refractivity contribution in [2.45, 2.75) is 37.9 Å². The second-order valence-electron chi connectivity index (χ2n) is 10.9. The summed E-state index contributed by atoms with van der Waals surface area (Å²) in [5.74, 6) is -1.38. The zero-order chi connectivity index (χ0) is 34.3. The van der Waals surface area contributed by atoms with Gasteiger partial charge in [0.05, 0.1) is 24.6 Å². The number of fused-ring (bicyclic) bond motifs is 3. The van der Waals surface area contributed by atoms with E-state index in [2.05, 4.69) is 15.5 Å². The van der Waals surface area contributed by atoms with Crippen molar-refractivity contribution in [1.29, 1.82) is 0 Å². The number of carbonyl (C=O) groups is 2. The van der Waals surface area contributed by atoms with Crippen LogP contribution in [0.4, 0.5) is 25.0 Å². The first-order valence-corrected chi connectivity index (χ1v) is 16.8. The highest BCUT2D eigenvalue weighted by Crippen LogP contribution is 2.66. The van der Waals surface area contributed by atoms with Gasteiger partial charge in [-0.1, -0.05) is 72.8 Å². The smallest absolute Gasteiger partial charge is 0.407 e. The van der Waals surface area contributed by atoms with Gasteiger partial charge in [-0.05, 0) is 65.9 Å². The van der Waals surface area contributed by atoms with Gasteiger partial charge in [-0.3, -0.25) is 4.57 Å². The molecule has 1 amide bonds. The lowest BCUT2D eigenvalue weighted by Crippen LogP contribution is -2.42. The van der Waals surface area contributed by atoms with E-state index in [9.17, 15) is 28.0 Å². The van der Waals surface area contributed by atoms with Crippen LogP contribution in [0.5, 0.6) is 0 Å². The Labute approximate surface area is 276 Å². The molecule has 0 fully saturated rings. The Balaban J connectivity index is 1.17. The summed E-state index contributed by atoms with van der Waals surface area (Å²) >= 11 is 0. The van der Waals surface area contributed by atoms with Crippen LogP contribution in [0.3, 0.4) is 0 Å². The molecule has 48 heavy (non-hydrogen) atoms. The van der Waals surface area contributed by atoms with E-state index in [1.807, 2.05) is 48.5 Å². The average Bonchev–Trinajstić information content (AvgIpc) is 3.40. The van der Waals surface area contributed by atoms with Crippen molar-refractivity contribution in [1.82, 2.24) is 5.32 Å². The number of alkyl carbamates (subject to hydrolysis) is 1. The molecular formula is C35H34F2N3O7P. The van der Waals surface area contributed by atoms with Crippen LogP contribution in [0.25, 0.3) is 11.1 Å². The van der Waals surface area contributed by atoms with E-state index in [1.54, 1.807) is 24.3 Å². The fourth-order valence-electron chi connectivity index (χ4n) is 5.46. The molecule has 10 nitrogen and oxygen atoms in total. The number of aliphatic carboxylic acids is 1. The number of ether oxygens (including phenoxy) is 1. The largest absolute Gasteiger partial charge is 0.480 e. The molecule has 0 spiro atoms. The summed E-state index contributed by atoms with van der Waals surface area (Å²) in [4.78, 5) is 24.7. The predicted octanol–water partition coefficient (Wildman–Crippen LogP) is 8.95. The number of rotatable bonds is 14. The lowest BCUT2D eigenvalue weighted by atomic mass is 9.98. The van der Waals surface area contributed by atoms with Crippen molar-refractivity contribution < 1.29 is 41.8 Å². The predicted molar refractivity (Wildman–Crippen MR) is 175 cm³/mol. The molecule has 0 unspecified atom stereocenters.